The first-order valence-electron chi connectivity index (χ1n) is 6.83. The Labute approximate surface area is 109 Å². The van der Waals surface area contributed by atoms with Crippen LogP contribution in [-0.4, -0.2) is 17.8 Å². The van der Waals surface area contributed by atoms with E-state index in [1.165, 1.54) is 12.1 Å². The minimum absolute atomic E-state index is 0.108. The fraction of sp³-hybridized carbons (Fsp3) is 0.600. The van der Waals surface area contributed by atoms with E-state index in [1.807, 2.05) is 12.1 Å². The molecular formula is C15H24FNO. The van der Waals surface area contributed by atoms with Gasteiger partial charge in [-0.25, -0.2) is 4.39 Å². The van der Waals surface area contributed by atoms with Crippen molar-refractivity contribution in [1.82, 2.24) is 5.32 Å². The first-order valence-corrected chi connectivity index (χ1v) is 6.83. The van der Waals surface area contributed by atoms with Crippen LogP contribution in [0.25, 0.3) is 0 Å². The number of unbranched alkanes of at least 4 members (excludes halogenated alkanes) is 1. The molecule has 0 saturated heterocycles. The van der Waals surface area contributed by atoms with Crippen LogP contribution in [0.3, 0.4) is 0 Å². The van der Waals surface area contributed by atoms with Crippen molar-refractivity contribution in [1.29, 1.82) is 0 Å². The largest absolute Gasteiger partial charge is 0.395 e. The molecule has 1 unspecified atom stereocenters. The third kappa shape index (κ3) is 4.75. The number of nitrogens with one attached hydrogen (secondary N) is 1. The topological polar surface area (TPSA) is 32.3 Å². The SMILES string of the molecule is CCCCC(N[C@H](CC)CO)c1ccc(F)cc1. The summed E-state index contributed by atoms with van der Waals surface area (Å²) in [5.41, 5.74) is 1.09. The van der Waals surface area contributed by atoms with E-state index in [1.54, 1.807) is 0 Å². The summed E-state index contributed by atoms with van der Waals surface area (Å²) < 4.78 is 12.9. The van der Waals surface area contributed by atoms with Crippen molar-refractivity contribution in [2.75, 3.05) is 6.61 Å². The van der Waals surface area contributed by atoms with E-state index in [4.69, 9.17) is 0 Å². The zero-order chi connectivity index (χ0) is 13.4. The van der Waals surface area contributed by atoms with Gasteiger partial charge in [-0.2, -0.15) is 0 Å². The second-order valence-corrected chi connectivity index (χ2v) is 4.70. The van der Waals surface area contributed by atoms with Crippen molar-refractivity contribution in [2.45, 2.75) is 51.6 Å². The van der Waals surface area contributed by atoms with Crippen LogP contribution in [0.5, 0.6) is 0 Å². The molecule has 2 N–H and O–H groups in total. The summed E-state index contributed by atoms with van der Waals surface area (Å²) in [5.74, 6) is -0.206. The zero-order valence-electron chi connectivity index (χ0n) is 11.3. The summed E-state index contributed by atoms with van der Waals surface area (Å²) in [6.07, 6.45) is 4.16. The normalized spacial score (nSPS) is 14.4. The van der Waals surface area contributed by atoms with E-state index in [2.05, 4.69) is 19.2 Å². The molecule has 0 aromatic heterocycles. The second kappa shape index (κ2) is 8.22. The summed E-state index contributed by atoms with van der Waals surface area (Å²) in [4.78, 5) is 0. The Morgan fingerprint density at radius 3 is 2.39 bits per heavy atom. The molecule has 3 heteroatoms. The first-order chi connectivity index (χ1) is 8.71. The Morgan fingerprint density at radius 1 is 1.22 bits per heavy atom. The fourth-order valence-electron chi connectivity index (χ4n) is 2.03. The van der Waals surface area contributed by atoms with Crippen LogP contribution in [0.2, 0.25) is 0 Å². The number of hydrogen-bond donors (Lipinski definition) is 2. The summed E-state index contributed by atoms with van der Waals surface area (Å²) >= 11 is 0. The number of benzene rings is 1. The van der Waals surface area contributed by atoms with Crippen molar-refractivity contribution >= 4 is 0 Å². The van der Waals surface area contributed by atoms with Crippen molar-refractivity contribution in [3.63, 3.8) is 0 Å². The molecule has 18 heavy (non-hydrogen) atoms. The van der Waals surface area contributed by atoms with Crippen LogP contribution in [0.4, 0.5) is 4.39 Å². The lowest BCUT2D eigenvalue weighted by atomic mass is 9.99. The zero-order valence-corrected chi connectivity index (χ0v) is 11.3. The maximum absolute atomic E-state index is 12.9. The van der Waals surface area contributed by atoms with Gasteiger partial charge < -0.3 is 10.4 Å². The van der Waals surface area contributed by atoms with Gasteiger partial charge in [-0.15, -0.1) is 0 Å². The van der Waals surface area contributed by atoms with Gasteiger partial charge in [-0.3, -0.25) is 0 Å². The Bertz CT molecular complexity index is 322. The van der Waals surface area contributed by atoms with Gasteiger partial charge in [0.2, 0.25) is 0 Å². The molecule has 0 bridgehead atoms. The molecule has 0 aliphatic carbocycles. The molecule has 0 saturated carbocycles. The average molecular weight is 253 g/mol. The van der Waals surface area contributed by atoms with Crippen molar-refractivity contribution in [3.8, 4) is 0 Å². The van der Waals surface area contributed by atoms with Crippen LogP contribution >= 0.6 is 0 Å². The minimum atomic E-state index is -0.206. The quantitative estimate of drug-likeness (QED) is 0.744. The Morgan fingerprint density at radius 2 is 1.89 bits per heavy atom. The highest BCUT2D eigenvalue weighted by atomic mass is 19.1. The molecule has 1 aromatic rings. The van der Waals surface area contributed by atoms with Crippen LogP contribution in [-0.2, 0) is 0 Å². The number of rotatable bonds is 8. The van der Waals surface area contributed by atoms with E-state index in [0.717, 1.165) is 31.2 Å². The van der Waals surface area contributed by atoms with Crippen LogP contribution in [0, 0.1) is 5.82 Å². The van der Waals surface area contributed by atoms with Crippen LogP contribution in [0.15, 0.2) is 24.3 Å². The first kappa shape index (κ1) is 15.1. The van der Waals surface area contributed by atoms with Crippen molar-refractivity contribution in [2.24, 2.45) is 0 Å². The molecule has 0 amide bonds. The van der Waals surface area contributed by atoms with Crippen molar-refractivity contribution in [3.05, 3.63) is 35.6 Å². The molecule has 1 aromatic carbocycles. The molecule has 0 heterocycles. The Hall–Kier alpha value is -0.930. The Kier molecular flexibility index (Phi) is 6.91. The monoisotopic (exact) mass is 253 g/mol. The molecule has 102 valence electrons. The average Bonchev–Trinajstić information content (AvgIpc) is 2.40. The highest BCUT2D eigenvalue weighted by Crippen LogP contribution is 2.21. The predicted molar refractivity (Wildman–Crippen MR) is 73.0 cm³/mol. The second-order valence-electron chi connectivity index (χ2n) is 4.70. The standard InChI is InChI=1S/C15H24FNO/c1-3-5-6-15(17-14(4-2)11-18)12-7-9-13(16)10-8-12/h7-10,14-15,17-18H,3-6,11H2,1-2H3/t14-,15?/m1/s1. The molecule has 2 nitrogen and oxygen atoms in total. The lowest BCUT2D eigenvalue weighted by Gasteiger charge is -2.24. The number of halogens is 1. The maximum Gasteiger partial charge on any atom is 0.123 e. The number of hydrogen-bond acceptors (Lipinski definition) is 2. The van der Waals surface area contributed by atoms with Crippen LogP contribution in [0.1, 0.15) is 51.1 Å². The third-order valence-electron chi connectivity index (χ3n) is 3.27. The minimum Gasteiger partial charge on any atom is -0.395 e. The molecule has 0 aliphatic heterocycles. The smallest absolute Gasteiger partial charge is 0.123 e. The van der Waals surface area contributed by atoms with Crippen LogP contribution < -0.4 is 5.32 Å². The molecule has 0 spiro atoms. The van der Waals surface area contributed by atoms with Gasteiger partial charge in [0.1, 0.15) is 5.82 Å². The van der Waals surface area contributed by atoms with Gasteiger partial charge in [0.25, 0.3) is 0 Å². The fourth-order valence-corrected chi connectivity index (χ4v) is 2.03. The van der Waals surface area contributed by atoms with Gasteiger partial charge in [-0.1, -0.05) is 38.8 Å². The van der Waals surface area contributed by atoms with E-state index in [9.17, 15) is 9.50 Å². The maximum atomic E-state index is 12.9. The van der Waals surface area contributed by atoms with E-state index < -0.39 is 0 Å². The highest BCUT2D eigenvalue weighted by Gasteiger charge is 2.15. The number of aliphatic hydroxyl groups is 1. The summed E-state index contributed by atoms with van der Waals surface area (Å²) in [6, 6.07) is 6.95. The summed E-state index contributed by atoms with van der Waals surface area (Å²) in [6.45, 7) is 4.35. The summed E-state index contributed by atoms with van der Waals surface area (Å²) in [7, 11) is 0. The van der Waals surface area contributed by atoms with Gasteiger partial charge >= 0.3 is 0 Å². The molecule has 2 atom stereocenters. The molecular weight excluding hydrogens is 229 g/mol. The summed E-state index contributed by atoms with van der Waals surface area (Å²) in [5, 5.41) is 12.7. The van der Waals surface area contributed by atoms with E-state index >= 15 is 0 Å². The lowest BCUT2D eigenvalue weighted by molar-refractivity contribution is 0.224. The third-order valence-corrected chi connectivity index (χ3v) is 3.27. The number of aliphatic hydroxyl groups excluding tert-OH is 1. The van der Waals surface area contributed by atoms with E-state index in [-0.39, 0.29) is 24.5 Å². The molecule has 0 radical (unpaired) electrons. The predicted octanol–water partition coefficient (Wildman–Crippen LogP) is 3.42. The van der Waals surface area contributed by atoms with Gasteiger partial charge in [-0.05, 0) is 30.5 Å². The highest BCUT2D eigenvalue weighted by molar-refractivity contribution is 5.20. The van der Waals surface area contributed by atoms with Crippen molar-refractivity contribution < 1.29 is 9.50 Å². The van der Waals surface area contributed by atoms with Gasteiger partial charge in [0, 0.05) is 12.1 Å². The molecule has 1 rings (SSSR count). The lowest BCUT2D eigenvalue weighted by Crippen LogP contribution is -2.35. The van der Waals surface area contributed by atoms with Gasteiger partial charge in [0.05, 0.1) is 6.61 Å². The molecule has 0 aliphatic rings. The van der Waals surface area contributed by atoms with Gasteiger partial charge in [0.15, 0.2) is 0 Å². The van der Waals surface area contributed by atoms with E-state index in [0.29, 0.717) is 0 Å². The Balaban J connectivity index is 2.73. The molecule has 0 fully saturated rings.